The molecule has 3 aromatic carbocycles. The van der Waals surface area contributed by atoms with E-state index in [2.05, 4.69) is 5.32 Å². The van der Waals surface area contributed by atoms with Gasteiger partial charge in [0.2, 0.25) is 5.75 Å². The van der Waals surface area contributed by atoms with Gasteiger partial charge in [-0.3, -0.25) is 4.79 Å². The minimum absolute atomic E-state index is 0.285. The van der Waals surface area contributed by atoms with Gasteiger partial charge < -0.3 is 24.3 Å². The average molecular weight is 377 g/mol. The lowest BCUT2D eigenvalue weighted by molar-refractivity contribution is 0.102. The first-order valence-corrected chi connectivity index (χ1v) is 8.85. The average Bonchev–Trinajstić information content (AvgIpc) is 2.74. The number of benzene rings is 3. The molecule has 1 aliphatic heterocycles. The number of hydrogen-bond donors (Lipinski definition) is 1. The summed E-state index contributed by atoms with van der Waals surface area (Å²) in [4.78, 5) is 12.7. The Labute approximate surface area is 162 Å². The van der Waals surface area contributed by atoms with Gasteiger partial charge in [0.1, 0.15) is 24.7 Å². The number of para-hydroxylation sites is 1. The molecule has 142 valence electrons. The second-order valence-electron chi connectivity index (χ2n) is 6.10. The minimum Gasteiger partial charge on any atom is -0.493 e. The molecule has 1 aliphatic rings. The molecule has 28 heavy (non-hydrogen) atoms. The molecule has 0 bridgehead atoms. The second kappa shape index (κ2) is 7.92. The van der Waals surface area contributed by atoms with Crippen LogP contribution in [-0.2, 0) is 0 Å². The van der Waals surface area contributed by atoms with Gasteiger partial charge >= 0.3 is 0 Å². The first-order valence-electron chi connectivity index (χ1n) is 8.85. The Morgan fingerprint density at radius 2 is 1.71 bits per heavy atom. The van der Waals surface area contributed by atoms with E-state index in [1.54, 1.807) is 24.3 Å². The summed E-state index contributed by atoms with van der Waals surface area (Å²) in [5, 5.41) is 2.87. The van der Waals surface area contributed by atoms with Gasteiger partial charge in [-0.25, -0.2) is 0 Å². The molecule has 1 heterocycles. The van der Waals surface area contributed by atoms with E-state index in [4.69, 9.17) is 18.9 Å². The number of methoxy groups -OCH3 is 1. The highest BCUT2D eigenvalue weighted by molar-refractivity contribution is 6.05. The zero-order valence-electron chi connectivity index (χ0n) is 15.3. The predicted molar refractivity (Wildman–Crippen MR) is 105 cm³/mol. The molecule has 6 nitrogen and oxygen atoms in total. The quantitative estimate of drug-likeness (QED) is 0.709. The number of rotatable bonds is 5. The van der Waals surface area contributed by atoms with E-state index in [0.717, 1.165) is 5.75 Å². The van der Waals surface area contributed by atoms with Crippen LogP contribution in [-0.4, -0.2) is 26.2 Å². The molecule has 0 radical (unpaired) electrons. The molecule has 6 heteroatoms. The van der Waals surface area contributed by atoms with E-state index < -0.39 is 0 Å². The van der Waals surface area contributed by atoms with Crippen molar-refractivity contribution < 1.29 is 23.7 Å². The largest absolute Gasteiger partial charge is 0.493 e. The number of anilines is 1. The van der Waals surface area contributed by atoms with Crippen molar-refractivity contribution in [2.45, 2.75) is 0 Å². The standard InChI is InChI=1S/C22H19NO5/c1-25-19-12-15(13-20-21(19)27-11-10-26-20)22(24)23-16-6-5-9-18(14-16)28-17-7-3-2-4-8-17/h2-9,12-14H,10-11H2,1H3,(H,23,24). The molecule has 1 N–H and O–H groups in total. The molecule has 0 saturated heterocycles. The second-order valence-corrected chi connectivity index (χ2v) is 6.10. The number of carbonyl (C=O) groups is 1. The number of carbonyl (C=O) groups excluding carboxylic acids is 1. The highest BCUT2D eigenvalue weighted by Crippen LogP contribution is 2.40. The van der Waals surface area contributed by atoms with E-state index in [0.29, 0.717) is 47.5 Å². The van der Waals surface area contributed by atoms with Crippen LogP contribution in [0.3, 0.4) is 0 Å². The Morgan fingerprint density at radius 3 is 2.54 bits per heavy atom. The van der Waals surface area contributed by atoms with Crippen LogP contribution in [0.5, 0.6) is 28.7 Å². The SMILES string of the molecule is COc1cc(C(=O)Nc2cccc(Oc3ccccc3)c2)cc2c1OCCO2. The molecule has 1 amide bonds. The molecule has 0 unspecified atom stereocenters. The third-order valence-corrected chi connectivity index (χ3v) is 4.16. The third-order valence-electron chi connectivity index (χ3n) is 4.16. The van der Waals surface area contributed by atoms with Crippen molar-refractivity contribution in [2.24, 2.45) is 0 Å². The van der Waals surface area contributed by atoms with E-state index >= 15 is 0 Å². The number of hydrogen-bond acceptors (Lipinski definition) is 5. The molecular formula is C22H19NO5. The lowest BCUT2D eigenvalue weighted by atomic mass is 10.1. The number of nitrogens with one attached hydrogen (secondary N) is 1. The fraction of sp³-hybridized carbons (Fsp3) is 0.136. The summed E-state index contributed by atoms with van der Waals surface area (Å²) in [7, 11) is 1.53. The molecule has 0 atom stereocenters. The van der Waals surface area contributed by atoms with E-state index in [1.165, 1.54) is 7.11 Å². The van der Waals surface area contributed by atoms with Gasteiger partial charge in [-0.05, 0) is 36.4 Å². The summed E-state index contributed by atoms with van der Waals surface area (Å²) in [5.41, 5.74) is 1.03. The van der Waals surface area contributed by atoms with Crippen molar-refractivity contribution in [2.75, 3.05) is 25.6 Å². The van der Waals surface area contributed by atoms with Gasteiger partial charge in [0.25, 0.3) is 5.91 Å². The van der Waals surface area contributed by atoms with Gasteiger partial charge in [0, 0.05) is 17.3 Å². The zero-order valence-corrected chi connectivity index (χ0v) is 15.3. The van der Waals surface area contributed by atoms with Crippen LogP contribution in [0.15, 0.2) is 66.7 Å². The number of amides is 1. The molecule has 0 aliphatic carbocycles. The summed E-state index contributed by atoms with van der Waals surface area (Å²) in [6.07, 6.45) is 0. The molecule has 0 fully saturated rings. The van der Waals surface area contributed by atoms with Crippen molar-refractivity contribution in [1.29, 1.82) is 0 Å². The first-order chi connectivity index (χ1) is 13.7. The van der Waals surface area contributed by atoms with Crippen LogP contribution in [0.4, 0.5) is 5.69 Å². The molecular weight excluding hydrogens is 358 g/mol. The predicted octanol–water partition coefficient (Wildman–Crippen LogP) is 4.51. The van der Waals surface area contributed by atoms with E-state index in [-0.39, 0.29) is 5.91 Å². The third kappa shape index (κ3) is 3.86. The van der Waals surface area contributed by atoms with E-state index in [1.807, 2.05) is 42.5 Å². The lowest BCUT2D eigenvalue weighted by Gasteiger charge is -2.21. The van der Waals surface area contributed by atoms with Crippen molar-refractivity contribution in [1.82, 2.24) is 0 Å². The Morgan fingerprint density at radius 1 is 0.929 bits per heavy atom. The van der Waals surface area contributed by atoms with Gasteiger partial charge in [-0.2, -0.15) is 0 Å². The van der Waals surface area contributed by atoms with E-state index in [9.17, 15) is 4.79 Å². The Hall–Kier alpha value is -3.67. The first kappa shape index (κ1) is 17.7. The summed E-state index contributed by atoms with van der Waals surface area (Å²) >= 11 is 0. The van der Waals surface area contributed by atoms with Crippen LogP contribution in [0.2, 0.25) is 0 Å². The van der Waals surface area contributed by atoms with Crippen LogP contribution < -0.4 is 24.3 Å². The van der Waals surface area contributed by atoms with Crippen molar-refractivity contribution in [3.8, 4) is 28.7 Å². The Bertz CT molecular complexity index is 970. The fourth-order valence-electron chi connectivity index (χ4n) is 2.87. The minimum atomic E-state index is -0.285. The van der Waals surface area contributed by atoms with Crippen LogP contribution in [0.1, 0.15) is 10.4 Å². The zero-order chi connectivity index (χ0) is 19.3. The van der Waals surface area contributed by atoms with Gasteiger partial charge in [0.05, 0.1) is 7.11 Å². The fourth-order valence-corrected chi connectivity index (χ4v) is 2.87. The summed E-state index contributed by atoms with van der Waals surface area (Å²) < 4.78 is 22.3. The monoisotopic (exact) mass is 377 g/mol. The topological polar surface area (TPSA) is 66.0 Å². The highest BCUT2D eigenvalue weighted by Gasteiger charge is 2.21. The van der Waals surface area contributed by atoms with Crippen LogP contribution in [0.25, 0.3) is 0 Å². The summed E-state index contributed by atoms with van der Waals surface area (Å²) in [5.74, 6) is 2.54. The highest BCUT2D eigenvalue weighted by atomic mass is 16.6. The summed E-state index contributed by atoms with van der Waals surface area (Å²) in [6.45, 7) is 0.878. The maximum absolute atomic E-state index is 12.7. The molecule has 0 spiro atoms. The molecule has 3 aromatic rings. The van der Waals surface area contributed by atoms with Gasteiger partial charge in [-0.1, -0.05) is 24.3 Å². The van der Waals surface area contributed by atoms with Crippen molar-refractivity contribution in [3.05, 3.63) is 72.3 Å². The molecule has 0 saturated carbocycles. The smallest absolute Gasteiger partial charge is 0.255 e. The van der Waals surface area contributed by atoms with Crippen LogP contribution in [0, 0.1) is 0 Å². The normalized spacial score (nSPS) is 12.2. The molecule has 0 aromatic heterocycles. The molecule has 4 rings (SSSR count). The van der Waals surface area contributed by atoms with Crippen molar-refractivity contribution in [3.63, 3.8) is 0 Å². The Kier molecular flexibility index (Phi) is 5.01. The van der Waals surface area contributed by atoms with Gasteiger partial charge in [-0.15, -0.1) is 0 Å². The lowest BCUT2D eigenvalue weighted by Crippen LogP contribution is -2.18. The van der Waals surface area contributed by atoms with Crippen molar-refractivity contribution >= 4 is 11.6 Å². The maximum atomic E-state index is 12.7. The Balaban J connectivity index is 1.53. The summed E-state index contributed by atoms with van der Waals surface area (Å²) in [6, 6.07) is 19.9. The maximum Gasteiger partial charge on any atom is 0.255 e. The van der Waals surface area contributed by atoms with Gasteiger partial charge in [0.15, 0.2) is 11.5 Å². The number of ether oxygens (including phenoxy) is 4. The van der Waals surface area contributed by atoms with Crippen LogP contribution >= 0.6 is 0 Å². The number of fused-ring (bicyclic) bond motifs is 1.